The number of benzene rings is 2. The molecular formula is C20H17N3O4. The number of fused-ring (bicyclic) bond motifs is 1. The second-order valence-corrected chi connectivity index (χ2v) is 6.39. The van der Waals surface area contributed by atoms with Crippen molar-refractivity contribution < 1.29 is 19.1 Å². The van der Waals surface area contributed by atoms with Gasteiger partial charge in [-0.1, -0.05) is 60.7 Å². The molecule has 27 heavy (non-hydrogen) atoms. The van der Waals surface area contributed by atoms with Gasteiger partial charge in [-0.05, 0) is 11.1 Å². The molecule has 2 aromatic carbocycles. The van der Waals surface area contributed by atoms with Crippen molar-refractivity contribution in [2.24, 2.45) is 11.0 Å². The van der Waals surface area contributed by atoms with Gasteiger partial charge < -0.3 is 4.74 Å². The predicted molar refractivity (Wildman–Crippen MR) is 96.1 cm³/mol. The molecule has 1 fully saturated rings. The highest BCUT2D eigenvalue weighted by atomic mass is 16.5. The van der Waals surface area contributed by atoms with Crippen LogP contribution in [0.4, 0.5) is 0 Å². The van der Waals surface area contributed by atoms with Gasteiger partial charge in [0.05, 0.1) is 6.54 Å². The fourth-order valence-electron chi connectivity index (χ4n) is 3.23. The summed E-state index contributed by atoms with van der Waals surface area (Å²) >= 11 is 0. The van der Waals surface area contributed by atoms with Gasteiger partial charge in [0, 0.05) is 0 Å². The van der Waals surface area contributed by atoms with E-state index in [1.165, 1.54) is 0 Å². The molecule has 4 rings (SSSR count). The number of hydrogen-bond acceptors (Lipinski definition) is 6. The number of likely N-dealkylation sites (tertiary alicyclic amines) is 1. The smallest absolute Gasteiger partial charge is 0.355 e. The molecule has 0 spiro atoms. The Kier molecular flexibility index (Phi) is 4.42. The molecule has 2 amide bonds. The first-order valence-electron chi connectivity index (χ1n) is 8.58. The van der Waals surface area contributed by atoms with Gasteiger partial charge in [0.1, 0.15) is 18.6 Å². The number of rotatable bonds is 5. The Bertz CT molecular complexity index is 911. The minimum atomic E-state index is -0.940. The van der Waals surface area contributed by atoms with E-state index in [0.29, 0.717) is 0 Å². The number of carbonyl (C=O) groups is 3. The van der Waals surface area contributed by atoms with Gasteiger partial charge in [-0.25, -0.2) is 4.79 Å². The van der Waals surface area contributed by atoms with Crippen LogP contribution in [0.1, 0.15) is 11.1 Å². The van der Waals surface area contributed by atoms with Crippen LogP contribution in [-0.2, 0) is 32.3 Å². The molecule has 0 radical (unpaired) electrons. The van der Waals surface area contributed by atoms with Gasteiger partial charge in [-0.2, -0.15) is 5.10 Å². The number of amides is 2. The molecule has 0 bridgehead atoms. The van der Waals surface area contributed by atoms with E-state index in [9.17, 15) is 14.4 Å². The fourth-order valence-corrected chi connectivity index (χ4v) is 3.23. The Hall–Kier alpha value is -3.48. The highest BCUT2D eigenvalue weighted by Gasteiger charge is 2.55. The van der Waals surface area contributed by atoms with Crippen molar-refractivity contribution in [3.05, 3.63) is 71.8 Å². The summed E-state index contributed by atoms with van der Waals surface area (Å²) in [6, 6.07) is 17.6. The van der Waals surface area contributed by atoms with Gasteiger partial charge in [0.25, 0.3) is 5.91 Å². The molecule has 136 valence electrons. The lowest BCUT2D eigenvalue weighted by Gasteiger charge is -2.15. The van der Waals surface area contributed by atoms with E-state index >= 15 is 0 Å². The number of esters is 1. The third-order valence-corrected chi connectivity index (χ3v) is 4.62. The maximum absolute atomic E-state index is 12.8. The molecule has 0 unspecified atom stereocenters. The summed E-state index contributed by atoms with van der Waals surface area (Å²) in [5.41, 5.74) is 4.23. The van der Waals surface area contributed by atoms with Crippen LogP contribution in [0, 0.1) is 5.92 Å². The van der Waals surface area contributed by atoms with Crippen LogP contribution in [0.15, 0.2) is 65.8 Å². The summed E-state index contributed by atoms with van der Waals surface area (Å²) in [5.74, 6) is -2.45. The lowest BCUT2D eigenvalue weighted by Crippen LogP contribution is -2.35. The van der Waals surface area contributed by atoms with Crippen molar-refractivity contribution >= 4 is 23.5 Å². The third kappa shape index (κ3) is 3.19. The largest absolute Gasteiger partial charge is 0.456 e. The molecule has 1 N–H and O–H groups in total. The molecule has 7 heteroatoms. The third-order valence-electron chi connectivity index (χ3n) is 4.62. The summed E-state index contributed by atoms with van der Waals surface area (Å²) in [7, 11) is 0. The minimum absolute atomic E-state index is 0.0511. The highest BCUT2D eigenvalue weighted by Crippen LogP contribution is 2.28. The van der Waals surface area contributed by atoms with Gasteiger partial charge in [-0.15, -0.1) is 0 Å². The van der Waals surface area contributed by atoms with Crippen LogP contribution < -0.4 is 5.43 Å². The van der Waals surface area contributed by atoms with Crippen molar-refractivity contribution in [2.45, 2.75) is 19.2 Å². The van der Waals surface area contributed by atoms with Crippen molar-refractivity contribution in [1.29, 1.82) is 0 Å². The molecule has 0 aromatic heterocycles. The minimum Gasteiger partial charge on any atom is -0.456 e. The van der Waals surface area contributed by atoms with E-state index in [1.807, 2.05) is 60.7 Å². The number of hydrogen-bond donors (Lipinski definition) is 1. The molecule has 2 heterocycles. The van der Waals surface area contributed by atoms with Crippen molar-refractivity contribution in [3.8, 4) is 0 Å². The van der Waals surface area contributed by atoms with Gasteiger partial charge in [0.2, 0.25) is 5.91 Å². The fraction of sp³-hybridized carbons (Fsp3) is 0.200. The van der Waals surface area contributed by atoms with Crippen LogP contribution in [0.25, 0.3) is 0 Å². The lowest BCUT2D eigenvalue weighted by molar-refractivity contribution is -0.141. The lowest BCUT2D eigenvalue weighted by atomic mass is 9.99. The number of nitrogens with one attached hydrogen (secondary N) is 1. The van der Waals surface area contributed by atoms with Gasteiger partial charge in [0.15, 0.2) is 5.71 Å². The maximum atomic E-state index is 12.8. The van der Waals surface area contributed by atoms with E-state index in [0.717, 1.165) is 16.0 Å². The summed E-state index contributed by atoms with van der Waals surface area (Å²) in [6.07, 6.45) is 0. The number of nitrogens with zero attached hydrogens (tertiary/aromatic N) is 2. The quantitative estimate of drug-likeness (QED) is 0.638. The Morgan fingerprint density at radius 3 is 2.26 bits per heavy atom. The van der Waals surface area contributed by atoms with Crippen LogP contribution in [-0.4, -0.2) is 34.4 Å². The molecule has 7 nitrogen and oxygen atoms in total. The van der Waals surface area contributed by atoms with Crippen LogP contribution >= 0.6 is 0 Å². The van der Waals surface area contributed by atoms with E-state index in [-0.39, 0.29) is 24.8 Å². The zero-order valence-corrected chi connectivity index (χ0v) is 14.4. The van der Waals surface area contributed by atoms with Crippen LogP contribution in [0.5, 0.6) is 0 Å². The average Bonchev–Trinajstić information content (AvgIpc) is 3.24. The topological polar surface area (TPSA) is 88.1 Å². The summed E-state index contributed by atoms with van der Waals surface area (Å²) in [4.78, 5) is 38.9. The van der Waals surface area contributed by atoms with Gasteiger partial charge >= 0.3 is 5.97 Å². The number of carbonyl (C=O) groups excluding carboxylic acids is 3. The molecule has 1 saturated heterocycles. The van der Waals surface area contributed by atoms with Crippen molar-refractivity contribution in [3.63, 3.8) is 0 Å². The Morgan fingerprint density at radius 1 is 0.963 bits per heavy atom. The van der Waals surface area contributed by atoms with E-state index in [4.69, 9.17) is 4.74 Å². The number of ether oxygens (including phenoxy) is 1. The van der Waals surface area contributed by atoms with E-state index in [1.54, 1.807) is 0 Å². The molecule has 0 aliphatic carbocycles. The second kappa shape index (κ2) is 7.03. The summed E-state index contributed by atoms with van der Waals surface area (Å²) in [5, 5.41) is 3.90. The van der Waals surface area contributed by atoms with Gasteiger partial charge in [-0.3, -0.25) is 19.9 Å². The maximum Gasteiger partial charge on any atom is 0.355 e. The normalized spacial score (nSPS) is 20.9. The number of imide groups is 1. The summed E-state index contributed by atoms with van der Waals surface area (Å²) < 4.78 is 5.27. The standard InChI is InChI=1S/C20H17N3O4/c24-18-15-16(19(25)23(18)11-13-7-3-1-4-8-13)21-22-17(15)20(26)27-12-14-9-5-2-6-10-14/h1-10,15-16,21H,11-12H2/t15-,16+/m0/s1. The molecule has 2 atom stereocenters. The van der Waals surface area contributed by atoms with E-state index in [2.05, 4.69) is 10.5 Å². The molecule has 2 aliphatic heterocycles. The molecular weight excluding hydrogens is 346 g/mol. The first-order chi connectivity index (χ1) is 13.1. The zero-order valence-electron chi connectivity index (χ0n) is 14.4. The van der Waals surface area contributed by atoms with Crippen molar-refractivity contribution in [1.82, 2.24) is 10.3 Å². The predicted octanol–water partition coefficient (Wildman–Crippen LogP) is 1.24. The Morgan fingerprint density at radius 2 is 1.59 bits per heavy atom. The molecule has 2 aliphatic rings. The average molecular weight is 363 g/mol. The summed E-state index contributed by atoms with van der Waals surface area (Å²) in [6.45, 7) is 0.242. The van der Waals surface area contributed by atoms with E-state index < -0.39 is 23.8 Å². The first-order valence-corrected chi connectivity index (χ1v) is 8.58. The molecule has 2 aromatic rings. The van der Waals surface area contributed by atoms with Crippen molar-refractivity contribution in [2.75, 3.05) is 0 Å². The Balaban J connectivity index is 1.45. The highest BCUT2D eigenvalue weighted by molar-refractivity contribution is 6.43. The first kappa shape index (κ1) is 17.0. The molecule has 0 saturated carbocycles. The second-order valence-electron chi connectivity index (χ2n) is 6.39. The van der Waals surface area contributed by atoms with Crippen LogP contribution in [0.2, 0.25) is 0 Å². The SMILES string of the molecule is O=C(OCc1ccccc1)C1=NN[C@H]2C(=O)N(Cc3ccccc3)C(=O)[C@H]12. The number of hydrazone groups is 1. The monoisotopic (exact) mass is 363 g/mol. The van der Waals surface area contributed by atoms with Crippen LogP contribution in [0.3, 0.4) is 0 Å². The zero-order chi connectivity index (χ0) is 18.8. The Labute approximate surface area is 155 Å².